The van der Waals surface area contributed by atoms with E-state index < -0.39 is 5.60 Å². The number of amides is 1. The van der Waals surface area contributed by atoms with E-state index in [2.05, 4.69) is 46.0 Å². The molecule has 0 spiro atoms. The van der Waals surface area contributed by atoms with Crippen LogP contribution in [0.4, 0.5) is 4.79 Å². The predicted octanol–water partition coefficient (Wildman–Crippen LogP) is 8.07. The van der Waals surface area contributed by atoms with E-state index >= 15 is 0 Å². The van der Waals surface area contributed by atoms with Crippen molar-refractivity contribution in [3.05, 3.63) is 63.9 Å². The zero-order chi connectivity index (χ0) is 26.9. The summed E-state index contributed by atoms with van der Waals surface area (Å²) in [4.78, 5) is 21.7. The minimum atomic E-state index is -0.445. The van der Waals surface area contributed by atoms with Crippen molar-refractivity contribution in [2.45, 2.75) is 66.5 Å². The van der Waals surface area contributed by atoms with E-state index in [0.29, 0.717) is 13.1 Å². The number of nitrogens with zero attached hydrogens (tertiary/aromatic N) is 3. The number of hydrogen-bond donors (Lipinski definition) is 0. The number of hydrogen-bond acceptors (Lipinski definition) is 4. The monoisotopic (exact) mass is 577 g/mol. The lowest BCUT2D eigenvalue weighted by Crippen LogP contribution is -2.51. The molecule has 0 N–H and O–H groups in total. The maximum absolute atomic E-state index is 12.6. The maximum Gasteiger partial charge on any atom is 0.410 e. The normalized spacial score (nSPS) is 17.2. The molecule has 7 heteroatoms. The maximum atomic E-state index is 12.6. The van der Waals surface area contributed by atoms with Gasteiger partial charge in [-0.2, -0.15) is 0 Å². The van der Waals surface area contributed by atoms with Crippen LogP contribution in [0.25, 0.3) is 11.6 Å². The molecule has 1 aromatic heterocycles. The zero-order valence-electron chi connectivity index (χ0n) is 22.8. The van der Waals surface area contributed by atoms with Crippen molar-refractivity contribution >= 4 is 45.3 Å². The third kappa shape index (κ3) is 7.56. The quantitative estimate of drug-likeness (QED) is 0.346. The molecule has 198 valence electrons. The highest BCUT2D eigenvalue weighted by Gasteiger charge is 2.34. The van der Waals surface area contributed by atoms with Gasteiger partial charge in [-0.1, -0.05) is 67.4 Å². The van der Waals surface area contributed by atoms with Crippen LogP contribution in [0, 0.1) is 0 Å². The Kier molecular flexibility index (Phi) is 11.9. The minimum absolute atomic E-state index is 0.0161. The molecule has 0 bridgehead atoms. The first kappa shape index (κ1) is 30.3. The Hall–Kier alpha value is -1.89. The molecule has 36 heavy (non-hydrogen) atoms. The second-order valence-corrected chi connectivity index (χ2v) is 10.8. The van der Waals surface area contributed by atoms with Gasteiger partial charge in [0.05, 0.1) is 11.7 Å². The lowest BCUT2D eigenvalue weighted by molar-refractivity contribution is 0.000442. The summed E-state index contributed by atoms with van der Waals surface area (Å²) in [7, 11) is 0. The molecule has 1 aliphatic heterocycles. The molecule has 1 saturated heterocycles. The number of fused-ring (bicyclic) bond motifs is 2. The van der Waals surface area contributed by atoms with Gasteiger partial charge in [0.2, 0.25) is 0 Å². The second-order valence-electron chi connectivity index (χ2n) is 9.21. The molecule has 2 heterocycles. The van der Waals surface area contributed by atoms with Gasteiger partial charge in [0, 0.05) is 42.7 Å². The van der Waals surface area contributed by atoms with Crippen LogP contribution in [0.1, 0.15) is 83.3 Å². The van der Waals surface area contributed by atoms with Gasteiger partial charge in [0.1, 0.15) is 5.60 Å². The Labute approximate surface area is 231 Å². The van der Waals surface area contributed by atoms with Crippen LogP contribution in [0.3, 0.4) is 0 Å². The van der Waals surface area contributed by atoms with Crippen molar-refractivity contribution < 1.29 is 9.53 Å². The van der Waals surface area contributed by atoms with Crippen LogP contribution >= 0.6 is 27.5 Å². The second kappa shape index (κ2) is 14.2. The van der Waals surface area contributed by atoms with Crippen molar-refractivity contribution in [3.8, 4) is 0 Å². The van der Waals surface area contributed by atoms with Crippen LogP contribution in [-0.2, 0) is 4.74 Å². The summed E-state index contributed by atoms with van der Waals surface area (Å²) < 4.78 is 5.70. The first-order valence-electron chi connectivity index (χ1n) is 12.9. The molecule has 4 rings (SSSR count). The van der Waals surface area contributed by atoms with Gasteiger partial charge in [-0.25, -0.2) is 4.79 Å². The molecule has 2 aliphatic rings. The summed E-state index contributed by atoms with van der Waals surface area (Å²) in [6, 6.07) is 10.2. The number of piperazine rings is 1. The minimum Gasteiger partial charge on any atom is -0.443 e. The Bertz CT molecular complexity index is 1030. The fourth-order valence-corrected chi connectivity index (χ4v) is 4.42. The number of benzene rings is 1. The molecule has 0 radical (unpaired) electrons. The van der Waals surface area contributed by atoms with E-state index in [9.17, 15) is 4.79 Å². The molecule has 5 nitrogen and oxygen atoms in total. The van der Waals surface area contributed by atoms with Crippen molar-refractivity contribution in [1.29, 1.82) is 0 Å². The molecule has 1 atom stereocenters. The number of carbonyl (C=O) groups is 1. The number of allylic oxidation sites excluding steroid dienone is 1. The Morgan fingerprint density at radius 3 is 2.42 bits per heavy atom. The lowest BCUT2D eigenvalue weighted by Gasteiger charge is -2.40. The number of alkyl halides is 1. The fraction of sp³-hybridized carbons (Fsp3) is 0.517. The first-order chi connectivity index (χ1) is 17.2. The predicted molar refractivity (Wildman–Crippen MR) is 156 cm³/mol. The molecular formula is C29H41BrClN3O2. The SMILES string of the molecule is CC.CCBr.CCC(C)(C)OC(=O)N1CCN(C2c3ccc(Cl)cc3C(C)=Cc3cccnc32)CC1. The molecule has 1 amide bonds. The average Bonchev–Trinajstić information content (AvgIpc) is 2.99. The zero-order valence-corrected chi connectivity index (χ0v) is 25.1. The summed E-state index contributed by atoms with van der Waals surface area (Å²) in [6.07, 6.45) is 4.61. The average molecular weight is 579 g/mol. The van der Waals surface area contributed by atoms with Crippen LogP contribution in [0.5, 0.6) is 0 Å². The van der Waals surface area contributed by atoms with Crippen molar-refractivity contribution in [2.24, 2.45) is 0 Å². The van der Waals surface area contributed by atoms with Crippen molar-refractivity contribution in [3.63, 3.8) is 0 Å². The van der Waals surface area contributed by atoms with Crippen molar-refractivity contribution in [1.82, 2.24) is 14.8 Å². The van der Waals surface area contributed by atoms with E-state index in [1.807, 2.05) is 70.8 Å². The standard InChI is InChI=1S/C25H30ClN3O2.C2H5Br.C2H6/c1-5-25(3,4)31-24(30)29-13-11-28(12-14-29)23-20-9-8-19(26)16-21(20)17(2)15-18-7-6-10-27-22(18)23;1-2-3;1-2/h6-10,15-16,23H,5,11-14H2,1-4H3;2H2,1H3;1-2H3. The van der Waals surface area contributed by atoms with Crippen LogP contribution in [-0.4, -0.2) is 58.0 Å². The third-order valence-corrected chi connectivity index (χ3v) is 6.62. The van der Waals surface area contributed by atoms with E-state index in [0.717, 1.165) is 46.7 Å². The van der Waals surface area contributed by atoms with Gasteiger partial charge in [0.25, 0.3) is 0 Å². The molecule has 1 fully saturated rings. The highest BCUT2D eigenvalue weighted by atomic mass is 79.9. The van der Waals surface area contributed by atoms with Gasteiger partial charge in [-0.15, -0.1) is 0 Å². The summed E-state index contributed by atoms with van der Waals surface area (Å²) in [5.74, 6) is 0. The number of carbonyl (C=O) groups excluding carboxylic acids is 1. The number of halogens is 2. The summed E-state index contributed by atoms with van der Waals surface area (Å²) in [5.41, 5.74) is 5.27. The third-order valence-electron chi connectivity index (χ3n) is 6.39. The van der Waals surface area contributed by atoms with Crippen LogP contribution in [0.2, 0.25) is 5.02 Å². The van der Waals surface area contributed by atoms with Crippen LogP contribution in [0.15, 0.2) is 36.5 Å². The number of rotatable bonds is 3. The number of aromatic nitrogens is 1. The summed E-state index contributed by atoms with van der Waals surface area (Å²) in [6.45, 7) is 16.9. The lowest BCUT2D eigenvalue weighted by atomic mass is 9.94. The summed E-state index contributed by atoms with van der Waals surface area (Å²) in [5, 5.41) is 1.79. The fourth-order valence-electron chi connectivity index (χ4n) is 4.25. The molecule has 1 aromatic carbocycles. The van der Waals surface area contributed by atoms with E-state index in [-0.39, 0.29) is 12.1 Å². The van der Waals surface area contributed by atoms with E-state index in [1.54, 1.807) is 0 Å². The number of pyridine rings is 1. The molecule has 2 aromatic rings. The molecule has 1 aliphatic carbocycles. The summed E-state index contributed by atoms with van der Waals surface area (Å²) >= 11 is 9.49. The van der Waals surface area contributed by atoms with Gasteiger partial charge >= 0.3 is 6.09 Å². The highest BCUT2D eigenvalue weighted by Crippen LogP contribution is 2.40. The Morgan fingerprint density at radius 2 is 1.81 bits per heavy atom. The van der Waals surface area contributed by atoms with Crippen molar-refractivity contribution in [2.75, 3.05) is 31.5 Å². The van der Waals surface area contributed by atoms with Gasteiger partial charge in [-0.3, -0.25) is 9.88 Å². The smallest absolute Gasteiger partial charge is 0.410 e. The van der Waals surface area contributed by atoms with E-state index in [1.165, 1.54) is 11.1 Å². The van der Waals surface area contributed by atoms with Gasteiger partial charge in [-0.05, 0) is 73.7 Å². The van der Waals surface area contributed by atoms with Gasteiger partial charge in [0.15, 0.2) is 0 Å². The highest BCUT2D eigenvalue weighted by molar-refractivity contribution is 9.09. The molecular weight excluding hydrogens is 538 g/mol. The number of ether oxygens (including phenoxy) is 1. The molecule has 0 saturated carbocycles. The largest absolute Gasteiger partial charge is 0.443 e. The van der Waals surface area contributed by atoms with E-state index in [4.69, 9.17) is 21.3 Å². The first-order valence-corrected chi connectivity index (χ1v) is 14.4. The van der Waals surface area contributed by atoms with Crippen LogP contribution < -0.4 is 0 Å². The molecule has 1 unspecified atom stereocenters. The topological polar surface area (TPSA) is 45.7 Å². The van der Waals surface area contributed by atoms with Gasteiger partial charge < -0.3 is 9.64 Å². The Morgan fingerprint density at radius 1 is 1.17 bits per heavy atom. The Balaban J connectivity index is 0.000000850.